The van der Waals surface area contributed by atoms with Crippen LogP contribution in [-0.2, 0) is 18.4 Å². The molecule has 0 radical (unpaired) electrons. The average molecular weight is 383 g/mol. The molecular weight excluding hydrogens is 358 g/mol. The van der Waals surface area contributed by atoms with E-state index in [1.54, 1.807) is 22.9 Å². The molecule has 1 saturated heterocycles. The number of urea groups is 1. The summed E-state index contributed by atoms with van der Waals surface area (Å²) in [6, 6.07) is 7.36. The fraction of sp³-hybridized carbons (Fsp3) is 0.450. The minimum atomic E-state index is -0.207. The zero-order valence-corrected chi connectivity index (χ0v) is 16.2. The second kappa shape index (κ2) is 7.53. The highest BCUT2D eigenvalue weighted by Gasteiger charge is 2.36. The first-order valence-corrected chi connectivity index (χ1v) is 9.52. The Morgan fingerprint density at radius 1 is 1.39 bits per heavy atom. The predicted molar refractivity (Wildman–Crippen MR) is 104 cm³/mol. The lowest BCUT2D eigenvalue weighted by Crippen LogP contribution is -2.46. The Kier molecular flexibility index (Phi) is 4.93. The van der Waals surface area contributed by atoms with Gasteiger partial charge in [-0.1, -0.05) is 6.07 Å². The molecular formula is C20H25N5O3. The number of hydrogen-bond acceptors (Lipinski definition) is 4. The Morgan fingerprint density at radius 2 is 2.21 bits per heavy atom. The van der Waals surface area contributed by atoms with Gasteiger partial charge in [0.2, 0.25) is 5.91 Å². The van der Waals surface area contributed by atoms with Gasteiger partial charge >= 0.3 is 6.03 Å². The SMILES string of the molecule is COc1cccc(N2CC(NC(=O)N(Cc3cnn(C)c3)C3CC3)CC2=O)c1. The van der Waals surface area contributed by atoms with Crippen LogP contribution in [0.15, 0.2) is 36.7 Å². The van der Waals surface area contributed by atoms with Gasteiger partial charge in [-0.2, -0.15) is 5.10 Å². The maximum atomic E-state index is 12.9. The lowest BCUT2D eigenvalue weighted by molar-refractivity contribution is -0.117. The fourth-order valence-corrected chi connectivity index (χ4v) is 3.59. The number of carbonyl (C=O) groups excluding carboxylic acids is 2. The summed E-state index contributed by atoms with van der Waals surface area (Å²) in [7, 11) is 3.46. The molecule has 28 heavy (non-hydrogen) atoms. The number of aryl methyl sites for hydroxylation is 1. The molecule has 148 valence electrons. The van der Waals surface area contributed by atoms with Crippen LogP contribution >= 0.6 is 0 Å². The van der Waals surface area contributed by atoms with Crippen molar-refractivity contribution in [1.82, 2.24) is 20.0 Å². The summed E-state index contributed by atoms with van der Waals surface area (Å²) in [6.45, 7) is 0.994. The van der Waals surface area contributed by atoms with Crippen LogP contribution in [0.4, 0.5) is 10.5 Å². The van der Waals surface area contributed by atoms with Crippen molar-refractivity contribution in [3.05, 3.63) is 42.2 Å². The zero-order chi connectivity index (χ0) is 19.7. The Bertz CT molecular complexity index is 876. The van der Waals surface area contributed by atoms with Crippen LogP contribution in [-0.4, -0.2) is 52.4 Å². The molecule has 0 spiro atoms. The standard InChI is InChI=1S/C20H25N5O3/c1-23-11-14(10-21-23)12-25(16-6-7-16)20(27)22-15-8-19(26)24(13-15)17-4-3-5-18(9-17)28-2/h3-5,9-11,15-16H,6-8,12-13H2,1-2H3,(H,22,27). The summed E-state index contributed by atoms with van der Waals surface area (Å²) < 4.78 is 6.98. The number of methoxy groups -OCH3 is 1. The van der Waals surface area contributed by atoms with Gasteiger partial charge in [0.1, 0.15) is 5.75 Å². The van der Waals surface area contributed by atoms with Crippen molar-refractivity contribution in [3.8, 4) is 5.75 Å². The molecule has 1 saturated carbocycles. The second-order valence-corrected chi connectivity index (χ2v) is 7.44. The zero-order valence-electron chi connectivity index (χ0n) is 16.2. The van der Waals surface area contributed by atoms with E-state index < -0.39 is 0 Å². The van der Waals surface area contributed by atoms with Gasteiger partial charge < -0.3 is 19.9 Å². The van der Waals surface area contributed by atoms with Gasteiger partial charge in [-0.15, -0.1) is 0 Å². The molecule has 1 aliphatic carbocycles. The number of nitrogens with zero attached hydrogens (tertiary/aromatic N) is 4. The Labute approximate surface area is 164 Å². The normalized spacial score (nSPS) is 19.0. The van der Waals surface area contributed by atoms with Crippen LogP contribution in [0, 0.1) is 0 Å². The van der Waals surface area contributed by atoms with E-state index in [4.69, 9.17) is 4.74 Å². The minimum absolute atomic E-state index is 0.00350. The highest BCUT2D eigenvalue weighted by molar-refractivity contribution is 5.97. The van der Waals surface area contributed by atoms with Gasteiger partial charge in [-0.3, -0.25) is 9.48 Å². The van der Waals surface area contributed by atoms with Gasteiger partial charge in [-0.05, 0) is 25.0 Å². The van der Waals surface area contributed by atoms with Gasteiger partial charge in [0, 0.05) is 49.6 Å². The summed E-state index contributed by atoms with van der Waals surface area (Å²) in [4.78, 5) is 28.9. The van der Waals surface area contributed by atoms with E-state index in [1.165, 1.54) is 0 Å². The van der Waals surface area contributed by atoms with Crippen molar-refractivity contribution in [3.63, 3.8) is 0 Å². The first kappa shape index (κ1) is 18.3. The molecule has 1 unspecified atom stereocenters. The summed E-state index contributed by atoms with van der Waals surface area (Å²) in [5.74, 6) is 0.706. The van der Waals surface area contributed by atoms with Gasteiger partial charge in [0.05, 0.1) is 25.9 Å². The maximum Gasteiger partial charge on any atom is 0.318 e. The first-order chi connectivity index (χ1) is 13.5. The Balaban J connectivity index is 1.40. The number of nitrogens with one attached hydrogen (secondary N) is 1. The highest BCUT2D eigenvalue weighted by Crippen LogP contribution is 2.29. The number of benzene rings is 1. The van der Waals surface area contributed by atoms with Gasteiger partial charge in [-0.25, -0.2) is 4.79 Å². The van der Waals surface area contributed by atoms with Crippen molar-refractivity contribution < 1.29 is 14.3 Å². The lowest BCUT2D eigenvalue weighted by atomic mass is 10.2. The molecule has 2 aromatic rings. The van der Waals surface area contributed by atoms with Gasteiger partial charge in [0.25, 0.3) is 0 Å². The van der Waals surface area contributed by atoms with Crippen LogP contribution < -0.4 is 15.0 Å². The summed E-state index contributed by atoms with van der Waals surface area (Å²) in [5, 5.41) is 7.23. The minimum Gasteiger partial charge on any atom is -0.497 e. The van der Waals surface area contributed by atoms with Crippen LogP contribution in [0.25, 0.3) is 0 Å². The molecule has 4 rings (SSSR count). The molecule has 0 bridgehead atoms. The topological polar surface area (TPSA) is 79.7 Å². The number of aromatic nitrogens is 2. The molecule has 8 nitrogen and oxygen atoms in total. The average Bonchev–Trinajstić information content (AvgIpc) is 3.34. The number of anilines is 1. The molecule has 2 fully saturated rings. The lowest BCUT2D eigenvalue weighted by Gasteiger charge is -2.24. The second-order valence-electron chi connectivity index (χ2n) is 7.44. The molecule has 2 heterocycles. The Morgan fingerprint density at radius 3 is 2.89 bits per heavy atom. The maximum absolute atomic E-state index is 12.9. The number of ether oxygens (including phenoxy) is 1. The van der Waals surface area contributed by atoms with Crippen LogP contribution in [0.5, 0.6) is 5.75 Å². The number of hydrogen-bond donors (Lipinski definition) is 1. The monoisotopic (exact) mass is 383 g/mol. The summed E-state index contributed by atoms with van der Waals surface area (Å²) >= 11 is 0. The van der Waals surface area contributed by atoms with E-state index in [2.05, 4.69) is 10.4 Å². The van der Waals surface area contributed by atoms with E-state index in [0.29, 0.717) is 25.3 Å². The van der Waals surface area contributed by atoms with Crippen molar-refractivity contribution in [2.75, 3.05) is 18.6 Å². The van der Waals surface area contributed by atoms with E-state index in [-0.39, 0.29) is 24.0 Å². The summed E-state index contributed by atoms with van der Waals surface area (Å²) in [5.41, 5.74) is 1.79. The third-order valence-corrected chi connectivity index (χ3v) is 5.18. The molecule has 2 aliphatic rings. The Hall–Kier alpha value is -3.03. The number of carbonyl (C=O) groups is 2. The van der Waals surface area contributed by atoms with E-state index in [1.807, 2.05) is 42.4 Å². The summed E-state index contributed by atoms with van der Waals surface area (Å²) in [6.07, 6.45) is 6.05. The molecule has 8 heteroatoms. The molecule has 3 amide bonds. The van der Waals surface area contributed by atoms with E-state index in [0.717, 1.165) is 24.1 Å². The third kappa shape index (κ3) is 3.95. The first-order valence-electron chi connectivity index (χ1n) is 9.52. The van der Waals surface area contributed by atoms with E-state index in [9.17, 15) is 9.59 Å². The predicted octanol–water partition coefficient (Wildman–Crippen LogP) is 1.91. The molecule has 1 aliphatic heterocycles. The van der Waals surface area contributed by atoms with Crippen molar-refractivity contribution >= 4 is 17.6 Å². The van der Waals surface area contributed by atoms with Crippen LogP contribution in [0.1, 0.15) is 24.8 Å². The third-order valence-electron chi connectivity index (χ3n) is 5.18. The van der Waals surface area contributed by atoms with E-state index >= 15 is 0 Å². The van der Waals surface area contributed by atoms with Gasteiger partial charge in [0.15, 0.2) is 0 Å². The molecule has 1 atom stereocenters. The van der Waals surface area contributed by atoms with Crippen LogP contribution in [0.3, 0.4) is 0 Å². The fourth-order valence-electron chi connectivity index (χ4n) is 3.59. The number of rotatable bonds is 6. The van der Waals surface area contributed by atoms with Crippen molar-refractivity contribution in [2.45, 2.75) is 37.9 Å². The molecule has 1 N–H and O–H groups in total. The van der Waals surface area contributed by atoms with Crippen LogP contribution in [0.2, 0.25) is 0 Å². The quantitative estimate of drug-likeness (QED) is 0.826. The largest absolute Gasteiger partial charge is 0.497 e. The highest BCUT2D eigenvalue weighted by atomic mass is 16.5. The molecule has 1 aromatic carbocycles. The van der Waals surface area contributed by atoms with Crippen molar-refractivity contribution in [1.29, 1.82) is 0 Å². The number of amides is 3. The molecule has 1 aromatic heterocycles. The smallest absolute Gasteiger partial charge is 0.318 e. The van der Waals surface area contributed by atoms with Crippen molar-refractivity contribution in [2.24, 2.45) is 7.05 Å².